The molecule has 4 aromatic rings. The minimum atomic E-state index is -0.230. The molecule has 0 radical (unpaired) electrons. The van der Waals surface area contributed by atoms with Crippen molar-refractivity contribution in [2.45, 2.75) is 38.8 Å². The van der Waals surface area contributed by atoms with Gasteiger partial charge in [-0.25, -0.2) is 4.98 Å². The van der Waals surface area contributed by atoms with Gasteiger partial charge in [0.25, 0.3) is 0 Å². The number of nitrogens with zero attached hydrogens (tertiary/aromatic N) is 2. The third kappa shape index (κ3) is 6.13. The van der Waals surface area contributed by atoms with Gasteiger partial charge in [0, 0.05) is 6.54 Å². The molecule has 0 aliphatic rings. The summed E-state index contributed by atoms with van der Waals surface area (Å²) >= 11 is 0. The number of allylic oxidation sites excluding steroid dienone is 1. The monoisotopic (exact) mass is 483 g/mol. The second-order valence-corrected chi connectivity index (χ2v) is 8.74. The predicted octanol–water partition coefficient (Wildman–Crippen LogP) is 5.66. The van der Waals surface area contributed by atoms with E-state index in [2.05, 4.69) is 22.5 Å². The van der Waals surface area contributed by atoms with Crippen molar-refractivity contribution in [2.24, 2.45) is 0 Å². The number of carbonyl (C=O) groups is 1. The van der Waals surface area contributed by atoms with Crippen molar-refractivity contribution in [3.05, 3.63) is 102 Å². The number of methoxy groups -OCH3 is 1. The zero-order valence-corrected chi connectivity index (χ0v) is 20.9. The van der Waals surface area contributed by atoms with Gasteiger partial charge in [0.1, 0.15) is 5.82 Å². The summed E-state index contributed by atoms with van der Waals surface area (Å²) in [5.41, 5.74) is 4.08. The predicted molar refractivity (Wildman–Crippen MR) is 143 cm³/mol. The molecule has 1 unspecified atom stereocenters. The number of aryl methyl sites for hydroxylation is 1. The molecule has 1 aromatic heterocycles. The van der Waals surface area contributed by atoms with E-state index in [0.29, 0.717) is 19.6 Å². The minimum Gasteiger partial charge on any atom is -0.493 e. The van der Waals surface area contributed by atoms with Crippen LogP contribution in [0.3, 0.4) is 0 Å². The van der Waals surface area contributed by atoms with E-state index in [0.717, 1.165) is 52.3 Å². The lowest BCUT2D eigenvalue weighted by Crippen LogP contribution is -2.30. The molecule has 6 nitrogen and oxygen atoms in total. The van der Waals surface area contributed by atoms with E-state index in [-0.39, 0.29) is 11.9 Å². The molecule has 0 aliphatic heterocycles. The Morgan fingerprint density at radius 3 is 2.61 bits per heavy atom. The quantitative estimate of drug-likeness (QED) is 0.209. The van der Waals surface area contributed by atoms with Crippen molar-refractivity contribution in [3.63, 3.8) is 0 Å². The van der Waals surface area contributed by atoms with Gasteiger partial charge >= 0.3 is 0 Å². The summed E-state index contributed by atoms with van der Waals surface area (Å²) in [6, 6.07) is 23.5. The maximum Gasteiger partial charge on any atom is 0.224 e. The van der Waals surface area contributed by atoms with E-state index in [1.165, 1.54) is 0 Å². The van der Waals surface area contributed by atoms with Crippen molar-refractivity contribution >= 4 is 16.9 Å². The average molecular weight is 484 g/mol. The largest absolute Gasteiger partial charge is 0.493 e. The summed E-state index contributed by atoms with van der Waals surface area (Å²) in [6.07, 6.45) is 3.77. The number of hydrogen-bond acceptors (Lipinski definition) is 4. The van der Waals surface area contributed by atoms with Crippen LogP contribution >= 0.6 is 0 Å². The lowest BCUT2D eigenvalue weighted by molar-refractivity contribution is -0.121. The first-order valence-electron chi connectivity index (χ1n) is 12.3. The van der Waals surface area contributed by atoms with Gasteiger partial charge < -0.3 is 19.4 Å². The molecule has 36 heavy (non-hydrogen) atoms. The maximum absolute atomic E-state index is 12.7. The van der Waals surface area contributed by atoms with Crippen LogP contribution in [0.5, 0.6) is 11.5 Å². The first kappa shape index (κ1) is 25.0. The highest BCUT2D eigenvalue weighted by Crippen LogP contribution is 2.29. The number of amides is 1. The SMILES string of the molecule is C=CCc1ccc(OCCCn2c(C(C)NC(=O)Cc3ccccc3)nc3ccccc32)c(OC)c1. The number of para-hydroxylation sites is 2. The van der Waals surface area contributed by atoms with Gasteiger partial charge in [-0.05, 0) is 55.2 Å². The summed E-state index contributed by atoms with van der Waals surface area (Å²) in [6.45, 7) is 7.01. The number of imidazole rings is 1. The van der Waals surface area contributed by atoms with Gasteiger partial charge in [0.05, 0.1) is 37.2 Å². The van der Waals surface area contributed by atoms with Crippen LogP contribution in [0.2, 0.25) is 0 Å². The second-order valence-electron chi connectivity index (χ2n) is 8.74. The number of benzene rings is 3. The highest BCUT2D eigenvalue weighted by atomic mass is 16.5. The van der Waals surface area contributed by atoms with E-state index in [1.807, 2.05) is 79.7 Å². The molecule has 6 heteroatoms. The van der Waals surface area contributed by atoms with Gasteiger partial charge in [-0.15, -0.1) is 6.58 Å². The molecule has 1 amide bonds. The zero-order valence-electron chi connectivity index (χ0n) is 20.9. The van der Waals surface area contributed by atoms with E-state index in [9.17, 15) is 4.79 Å². The summed E-state index contributed by atoms with van der Waals surface area (Å²) in [5.74, 6) is 2.26. The van der Waals surface area contributed by atoms with Crippen LogP contribution in [-0.4, -0.2) is 29.2 Å². The third-order valence-electron chi connectivity index (χ3n) is 6.05. The first-order valence-corrected chi connectivity index (χ1v) is 12.3. The molecule has 0 bridgehead atoms. The number of aromatic nitrogens is 2. The van der Waals surface area contributed by atoms with Crippen molar-refractivity contribution in [3.8, 4) is 11.5 Å². The van der Waals surface area contributed by atoms with Gasteiger partial charge in [-0.2, -0.15) is 0 Å². The summed E-state index contributed by atoms with van der Waals surface area (Å²) < 4.78 is 13.7. The third-order valence-corrected chi connectivity index (χ3v) is 6.05. The van der Waals surface area contributed by atoms with E-state index in [4.69, 9.17) is 14.5 Å². The number of nitrogens with one attached hydrogen (secondary N) is 1. The molecule has 4 rings (SSSR count). The smallest absolute Gasteiger partial charge is 0.224 e. The number of carbonyl (C=O) groups excluding carboxylic acids is 1. The highest BCUT2D eigenvalue weighted by molar-refractivity contribution is 5.79. The molecule has 0 spiro atoms. The fraction of sp³-hybridized carbons (Fsp3) is 0.267. The molecule has 0 saturated carbocycles. The van der Waals surface area contributed by atoms with Crippen LogP contribution in [0.1, 0.15) is 36.3 Å². The molecule has 3 aromatic carbocycles. The lowest BCUT2D eigenvalue weighted by atomic mass is 10.1. The Labute approximate surface area is 212 Å². The Hall–Kier alpha value is -4.06. The van der Waals surface area contributed by atoms with Crippen LogP contribution in [-0.2, 0) is 24.2 Å². The topological polar surface area (TPSA) is 65.4 Å². The summed E-state index contributed by atoms with van der Waals surface area (Å²) in [5, 5.41) is 3.12. The fourth-order valence-electron chi connectivity index (χ4n) is 4.33. The number of rotatable bonds is 12. The lowest BCUT2D eigenvalue weighted by Gasteiger charge is -2.17. The Balaban J connectivity index is 1.42. The normalized spacial score (nSPS) is 11.7. The van der Waals surface area contributed by atoms with E-state index >= 15 is 0 Å². The molecule has 0 fully saturated rings. The molecule has 1 N–H and O–H groups in total. The van der Waals surface area contributed by atoms with E-state index in [1.54, 1.807) is 7.11 Å². The van der Waals surface area contributed by atoms with Gasteiger partial charge in [-0.1, -0.05) is 54.6 Å². The van der Waals surface area contributed by atoms with Crippen LogP contribution in [0.15, 0.2) is 85.5 Å². The van der Waals surface area contributed by atoms with E-state index < -0.39 is 0 Å². The van der Waals surface area contributed by atoms with Gasteiger partial charge in [0.2, 0.25) is 5.91 Å². The van der Waals surface area contributed by atoms with Crippen molar-refractivity contribution < 1.29 is 14.3 Å². The summed E-state index contributed by atoms with van der Waals surface area (Å²) in [7, 11) is 1.65. The second kappa shape index (κ2) is 12.1. The fourth-order valence-corrected chi connectivity index (χ4v) is 4.33. The number of ether oxygens (including phenoxy) is 2. The van der Waals surface area contributed by atoms with Gasteiger partial charge in [-0.3, -0.25) is 4.79 Å². The zero-order chi connectivity index (χ0) is 25.3. The Kier molecular flexibility index (Phi) is 8.40. The Morgan fingerprint density at radius 2 is 1.83 bits per heavy atom. The van der Waals surface area contributed by atoms with Gasteiger partial charge in [0.15, 0.2) is 11.5 Å². The number of fused-ring (bicyclic) bond motifs is 1. The molecular formula is C30H33N3O3. The molecule has 1 atom stereocenters. The first-order chi connectivity index (χ1) is 17.6. The van der Waals surface area contributed by atoms with Crippen molar-refractivity contribution in [1.29, 1.82) is 0 Å². The highest BCUT2D eigenvalue weighted by Gasteiger charge is 2.18. The standard InChI is InChI=1S/C30H33N3O3/c1-4-11-23-16-17-27(28(20-23)35-3)36-19-10-18-33-26-15-9-8-14-25(26)32-30(33)22(2)31-29(34)21-24-12-6-5-7-13-24/h4-9,12-17,20,22H,1,10-11,18-19,21H2,2-3H3,(H,31,34). The van der Waals surface area contributed by atoms with Crippen molar-refractivity contribution in [1.82, 2.24) is 14.9 Å². The molecule has 0 aliphatic carbocycles. The Morgan fingerprint density at radius 1 is 1.06 bits per heavy atom. The summed E-state index contributed by atoms with van der Waals surface area (Å²) in [4.78, 5) is 17.5. The Bertz CT molecular complexity index is 1310. The van der Waals surface area contributed by atoms with Crippen molar-refractivity contribution in [2.75, 3.05) is 13.7 Å². The van der Waals surface area contributed by atoms with Crippen LogP contribution in [0.25, 0.3) is 11.0 Å². The average Bonchev–Trinajstić information content (AvgIpc) is 3.26. The van der Waals surface area contributed by atoms with Crippen LogP contribution < -0.4 is 14.8 Å². The van der Waals surface area contributed by atoms with Crippen LogP contribution in [0, 0.1) is 0 Å². The van der Waals surface area contributed by atoms with Crippen LogP contribution in [0.4, 0.5) is 0 Å². The number of hydrogen-bond donors (Lipinski definition) is 1. The maximum atomic E-state index is 12.7. The molecule has 186 valence electrons. The molecule has 0 saturated heterocycles. The minimum absolute atomic E-state index is 0.0253. The molecule has 1 heterocycles. The molecular weight excluding hydrogens is 450 g/mol.